The van der Waals surface area contributed by atoms with Crippen LogP contribution in [0.3, 0.4) is 0 Å². The Hall–Kier alpha value is -2.12. The monoisotopic (exact) mass is 443 g/mol. The van der Waals surface area contributed by atoms with Crippen molar-refractivity contribution >= 4 is 44.9 Å². The zero-order chi connectivity index (χ0) is 22.0. The Morgan fingerprint density at radius 2 is 1.90 bits per heavy atom. The van der Waals surface area contributed by atoms with Crippen molar-refractivity contribution in [2.45, 2.75) is 59.5 Å². The quantitative estimate of drug-likeness (QED) is 0.371. The van der Waals surface area contributed by atoms with E-state index < -0.39 is 0 Å². The molecule has 3 aromatic rings. The number of H-pyrrole nitrogens is 1. The highest BCUT2D eigenvalue weighted by Crippen LogP contribution is 2.30. The molecule has 160 valence electrons. The third-order valence-electron chi connectivity index (χ3n) is 5.37. The number of hydrogen-bond acceptors (Lipinski definition) is 5. The van der Waals surface area contributed by atoms with Crippen LogP contribution in [-0.4, -0.2) is 21.6 Å². The van der Waals surface area contributed by atoms with Crippen molar-refractivity contribution < 1.29 is 4.79 Å². The number of fused-ring (bicyclic) bond motifs is 1. The van der Waals surface area contributed by atoms with Crippen LogP contribution in [0.15, 0.2) is 22.1 Å². The van der Waals surface area contributed by atoms with Crippen molar-refractivity contribution in [2.75, 3.05) is 11.1 Å². The van der Waals surface area contributed by atoms with Crippen LogP contribution in [-0.2, 0) is 11.2 Å². The minimum absolute atomic E-state index is 0.113. The lowest BCUT2D eigenvalue weighted by atomic mass is 9.98. The molecule has 0 aliphatic carbocycles. The number of carbonyl (C=O) groups is 1. The molecule has 0 unspecified atom stereocenters. The summed E-state index contributed by atoms with van der Waals surface area (Å²) in [5.41, 5.74) is 5.11. The van der Waals surface area contributed by atoms with Crippen LogP contribution in [0.1, 0.15) is 47.4 Å². The second kappa shape index (κ2) is 9.35. The maximum Gasteiger partial charge on any atom is 0.260 e. The van der Waals surface area contributed by atoms with Gasteiger partial charge in [0.05, 0.1) is 11.1 Å². The molecule has 0 aliphatic heterocycles. The smallest absolute Gasteiger partial charge is 0.260 e. The molecule has 2 N–H and O–H groups in total. The zero-order valence-electron chi connectivity index (χ0n) is 18.4. The van der Waals surface area contributed by atoms with Crippen LogP contribution in [0, 0.1) is 33.6 Å². The number of thioether (sulfide) groups is 1. The first-order chi connectivity index (χ1) is 14.2. The fourth-order valence-corrected chi connectivity index (χ4v) is 5.42. The summed E-state index contributed by atoms with van der Waals surface area (Å²) in [5, 5.41) is 4.18. The Balaban J connectivity index is 1.75. The van der Waals surface area contributed by atoms with Crippen molar-refractivity contribution in [3.8, 4) is 0 Å². The molecule has 0 fully saturated rings. The predicted octanol–water partition coefficient (Wildman–Crippen LogP) is 5.54. The molecule has 2 heterocycles. The van der Waals surface area contributed by atoms with Gasteiger partial charge in [-0.05, 0) is 56.7 Å². The standard InChI is InChI=1S/C23H29N3O2S2/c1-7-12(2)10-17-16(6)30-22-19(17)21(28)25-23(26-22)29-11-18(27)24-20-14(4)8-13(3)9-15(20)5/h8-9,12H,7,10-11H2,1-6H3,(H,24,27)(H,25,26,28)/t12-/m0/s1. The van der Waals surface area contributed by atoms with Crippen LogP contribution in [0.5, 0.6) is 0 Å². The molecule has 7 heteroatoms. The third-order valence-corrected chi connectivity index (χ3v) is 7.29. The van der Waals surface area contributed by atoms with E-state index in [4.69, 9.17) is 0 Å². The number of nitrogens with zero attached hydrogens (tertiary/aromatic N) is 1. The fourth-order valence-electron chi connectivity index (χ4n) is 3.65. The average Bonchev–Trinajstić information content (AvgIpc) is 2.98. The summed E-state index contributed by atoms with van der Waals surface area (Å²) in [6, 6.07) is 4.11. The number of benzene rings is 1. The Morgan fingerprint density at radius 1 is 1.23 bits per heavy atom. The number of thiophene rings is 1. The van der Waals surface area contributed by atoms with E-state index in [0.29, 0.717) is 16.5 Å². The van der Waals surface area contributed by atoms with Crippen LogP contribution >= 0.6 is 23.1 Å². The first-order valence-electron chi connectivity index (χ1n) is 10.2. The van der Waals surface area contributed by atoms with Gasteiger partial charge in [0.2, 0.25) is 5.91 Å². The maximum absolute atomic E-state index is 12.8. The maximum atomic E-state index is 12.8. The molecule has 2 aromatic heterocycles. The van der Waals surface area contributed by atoms with Gasteiger partial charge in [0.15, 0.2) is 5.16 Å². The Labute approximate surface area is 185 Å². The van der Waals surface area contributed by atoms with Gasteiger partial charge in [0, 0.05) is 10.6 Å². The van der Waals surface area contributed by atoms with Crippen LogP contribution in [0.4, 0.5) is 5.69 Å². The first-order valence-corrected chi connectivity index (χ1v) is 12.0. The van der Waals surface area contributed by atoms with E-state index in [9.17, 15) is 9.59 Å². The number of anilines is 1. The fraction of sp³-hybridized carbons (Fsp3) is 0.435. The molecule has 0 saturated heterocycles. The van der Waals surface area contributed by atoms with Crippen molar-refractivity contribution in [3.05, 3.63) is 49.6 Å². The van der Waals surface area contributed by atoms with Crippen molar-refractivity contribution in [1.82, 2.24) is 9.97 Å². The van der Waals surface area contributed by atoms with Crippen molar-refractivity contribution in [3.63, 3.8) is 0 Å². The molecule has 30 heavy (non-hydrogen) atoms. The van der Waals surface area contributed by atoms with Gasteiger partial charge in [0.25, 0.3) is 5.56 Å². The van der Waals surface area contributed by atoms with E-state index in [1.807, 2.05) is 20.8 Å². The molecule has 0 saturated carbocycles. The van der Waals surface area contributed by atoms with Gasteiger partial charge < -0.3 is 10.3 Å². The first kappa shape index (κ1) is 22.6. The van der Waals surface area contributed by atoms with E-state index in [1.165, 1.54) is 17.3 Å². The minimum atomic E-state index is -0.115. The predicted molar refractivity (Wildman–Crippen MR) is 128 cm³/mol. The van der Waals surface area contributed by atoms with Gasteiger partial charge in [-0.25, -0.2) is 4.98 Å². The normalized spacial score (nSPS) is 12.3. The number of aromatic amines is 1. The van der Waals surface area contributed by atoms with Gasteiger partial charge in [-0.15, -0.1) is 11.3 Å². The summed E-state index contributed by atoms with van der Waals surface area (Å²) in [6.45, 7) is 12.4. The summed E-state index contributed by atoms with van der Waals surface area (Å²) in [7, 11) is 0. The molecule has 0 spiro atoms. The summed E-state index contributed by atoms with van der Waals surface area (Å²) in [6.07, 6.45) is 1.96. The summed E-state index contributed by atoms with van der Waals surface area (Å²) < 4.78 is 0. The molecule has 0 radical (unpaired) electrons. The molecule has 1 aromatic carbocycles. The number of hydrogen-bond donors (Lipinski definition) is 2. The SMILES string of the molecule is CC[C@H](C)Cc1c(C)sc2nc(SCC(=O)Nc3c(C)cc(C)cc3C)[nH]c(=O)c12. The van der Waals surface area contributed by atoms with E-state index in [-0.39, 0.29) is 17.2 Å². The minimum Gasteiger partial charge on any atom is -0.325 e. The molecular weight excluding hydrogens is 414 g/mol. The van der Waals surface area contributed by atoms with Gasteiger partial charge in [-0.1, -0.05) is 49.7 Å². The number of amides is 1. The van der Waals surface area contributed by atoms with Crippen molar-refractivity contribution in [2.24, 2.45) is 5.92 Å². The number of aryl methyl sites for hydroxylation is 4. The second-order valence-corrected chi connectivity index (χ2v) is 10.2. The molecule has 1 atom stereocenters. The van der Waals surface area contributed by atoms with Crippen LogP contribution in [0.2, 0.25) is 0 Å². The number of carbonyl (C=O) groups excluding carboxylic acids is 1. The summed E-state index contributed by atoms with van der Waals surface area (Å²) in [5.74, 6) is 0.593. The lowest BCUT2D eigenvalue weighted by Crippen LogP contribution is -2.17. The van der Waals surface area contributed by atoms with E-state index in [0.717, 1.165) is 44.9 Å². The van der Waals surface area contributed by atoms with Gasteiger partial charge >= 0.3 is 0 Å². The van der Waals surface area contributed by atoms with E-state index in [1.54, 1.807) is 11.3 Å². The Kier molecular flexibility index (Phi) is 7.03. The summed E-state index contributed by atoms with van der Waals surface area (Å²) in [4.78, 5) is 34.6. The van der Waals surface area contributed by atoms with Crippen LogP contribution in [0.25, 0.3) is 10.2 Å². The lowest BCUT2D eigenvalue weighted by molar-refractivity contribution is -0.113. The summed E-state index contributed by atoms with van der Waals surface area (Å²) >= 11 is 2.81. The highest BCUT2D eigenvalue weighted by atomic mass is 32.2. The zero-order valence-corrected chi connectivity index (χ0v) is 20.1. The molecule has 3 rings (SSSR count). The molecule has 0 bridgehead atoms. The molecular formula is C23H29N3O2S2. The lowest BCUT2D eigenvalue weighted by Gasteiger charge is -2.12. The number of rotatable bonds is 7. The molecule has 0 aliphatic rings. The number of aromatic nitrogens is 2. The molecule has 5 nitrogen and oxygen atoms in total. The topological polar surface area (TPSA) is 74.8 Å². The molecule has 1 amide bonds. The highest BCUT2D eigenvalue weighted by Gasteiger charge is 2.17. The van der Waals surface area contributed by atoms with Crippen LogP contribution < -0.4 is 10.9 Å². The van der Waals surface area contributed by atoms with E-state index >= 15 is 0 Å². The highest BCUT2D eigenvalue weighted by molar-refractivity contribution is 7.99. The van der Waals surface area contributed by atoms with Gasteiger partial charge in [-0.2, -0.15) is 0 Å². The van der Waals surface area contributed by atoms with Gasteiger partial charge in [-0.3, -0.25) is 9.59 Å². The van der Waals surface area contributed by atoms with Crippen molar-refractivity contribution in [1.29, 1.82) is 0 Å². The largest absolute Gasteiger partial charge is 0.325 e. The Bertz CT molecular complexity index is 1120. The van der Waals surface area contributed by atoms with Gasteiger partial charge in [0.1, 0.15) is 4.83 Å². The average molecular weight is 444 g/mol. The van der Waals surface area contributed by atoms with E-state index in [2.05, 4.69) is 48.2 Å². The Morgan fingerprint density at radius 3 is 2.53 bits per heavy atom. The number of nitrogens with one attached hydrogen (secondary N) is 2. The second-order valence-electron chi connectivity index (χ2n) is 8.02. The third kappa shape index (κ3) is 4.95.